The third-order valence-corrected chi connectivity index (χ3v) is 4.06. The van der Waals surface area contributed by atoms with Crippen LogP contribution in [0.3, 0.4) is 0 Å². The first kappa shape index (κ1) is 27.8. The standard InChI is InChI=1S/C21H39NO7/c1-4-6-7-8-9-19(21(24)25-3)22-20(23)10-12-27-14-16-29-18-17-28-15-13-26-11-5-2/h2,19-20,22-23H,4,6-18H2,1,3H3/t19-,20?/m0/s1. The smallest absolute Gasteiger partial charge is 0.322 e. The SMILES string of the molecule is C#CCOCCOCCOCCOCCC(O)N[C@@H](CCCCCC)C(=O)OC. The van der Waals surface area contributed by atoms with E-state index in [9.17, 15) is 9.90 Å². The lowest BCUT2D eigenvalue weighted by Crippen LogP contribution is -2.44. The van der Waals surface area contributed by atoms with Crippen molar-refractivity contribution in [2.75, 3.05) is 60.0 Å². The lowest BCUT2D eigenvalue weighted by Gasteiger charge is -2.20. The fraction of sp³-hybridized carbons (Fsp3) is 0.857. The molecule has 0 bridgehead atoms. The number of terminal acetylenes is 1. The molecule has 29 heavy (non-hydrogen) atoms. The molecule has 1 unspecified atom stereocenters. The van der Waals surface area contributed by atoms with Gasteiger partial charge in [-0.3, -0.25) is 10.1 Å². The summed E-state index contributed by atoms with van der Waals surface area (Å²) < 4.78 is 26.0. The molecular formula is C21H39NO7. The molecule has 170 valence electrons. The number of hydrogen-bond donors (Lipinski definition) is 2. The van der Waals surface area contributed by atoms with Crippen LogP contribution in [0.4, 0.5) is 0 Å². The third kappa shape index (κ3) is 18.6. The Bertz CT molecular complexity index is 414. The van der Waals surface area contributed by atoms with Crippen LogP contribution in [0.15, 0.2) is 0 Å². The number of aliphatic hydroxyl groups excluding tert-OH is 1. The number of carbonyl (C=O) groups excluding carboxylic acids is 1. The Hall–Kier alpha value is -1.21. The van der Waals surface area contributed by atoms with Crippen molar-refractivity contribution in [2.24, 2.45) is 0 Å². The second kappa shape index (κ2) is 21.5. The molecule has 0 aliphatic rings. The van der Waals surface area contributed by atoms with E-state index in [1.165, 1.54) is 7.11 Å². The van der Waals surface area contributed by atoms with Gasteiger partial charge >= 0.3 is 5.97 Å². The fourth-order valence-corrected chi connectivity index (χ4v) is 2.49. The van der Waals surface area contributed by atoms with Crippen LogP contribution in [0, 0.1) is 12.3 Å². The molecule has 0 saturated heterocycles. The molecule has 0 heterocycles. The molecular weight excluding hydrogens is 378 g/mol. The van der Waals surface area contributed by atoms with E-state index in [4.69, 9.17) is 30.1 Å². The minimum atomic E-state index is -0.823. The van der Waals surface area contributed by atoms with E-state index < -0.39 is 12.3 Å². The quantitative estimate of drug-likeness (QED) is 0.126. The Morgan fingerprint density at radius 3 is 2.07 bits per heavy atom. The van der Waals surface area contributed by atoms with Crippen molar-refractivity contribution >= 4 is 5.97 Å². The maximum atomic E-state index is 11.8. The van der Waals surface area contributed by atoms with Crippen LogP contribution >= 0.6 is 0 Å². The number of aliphatic hydroxyl groups is 1. The molecule has 0 spiro atoms. The number of rotatable bonds is 21. The first-order valence-corrected chi connectivity index (χ1v) is 10.4. The molecule has 0 radical (unpaired) electrons. The summed E-state index contributed by atoms with van der Waals surface area (Å²) in [5.74, 6) is 2.03. The zero-order valence-corrected chi connectivity index (χ0v) is 18.0. The summed E-state index contributed by atoms with van der Waals surface area (Å²) in [7, 11) is 1.36. The first-order chi connectivity index (χ1) is 14.2. The molecule has 2 N–H and O–H groups in total. The normalized spacial score (nSPS) is 13.0. The molecule has 2 atom stereocenters. The first-order valence-electron chi connectivity index (χ1n) is 10.4. The number of unbranched alkanes of at least 4 members (excludes halogenated alkanes) is 3. The van der Waals surface area contributed by atoms with Gasteiger partial charge in [0.05, 0.1) is 53.4 Å². The van der Waals surface area contributed by atoms with Crippen LogP contribution < -0.4 is 5.32 Å². The van der Waals surface area contributed by atoms with Gasteiger partial charge in [0.1, 0.15) is 18.9 Å². The molecule has 0 fully saturated rings. The van der Waals surface area contributed by atoms with Gasteiger partial charge in [-0.15, -0.1) is 6.42 Å². The van der Waals surface area contributed by atoms with Gasteiger partial charge in [-0.2, -0.15) is 0 Å². The van der Waals surface area contributed by atoms with Crippen LogP contribution in [0.2, 0.25) is 0 Å². The summed E-state index contributed by atoms with van der Waals surface area (Å²) in [5.41, 5.74) is 0. The van der Waals surface area contributed by atoms with Crippen LogP contribution in [0.5, 0.6) is 0 Å². The summed E-state index contributed by atoms with van der Waals surface area (Å²) in [5, 5.41) is 13.0. The highest BCUT2D eigenvalue weighted by Gasteiger charge is 2.21. The summed E-state index contributed by atoms with van der Waals surface area (Å²) in [4.78, 5) is 11.8. The maximum Gasteiger partial charge on any atom is 0.322 e. The van der Waals surface area contributed by atoms with Gasteiger partial charge in [-0.05, 0) is 6.42 Å². The molecule has 0 aliphatic carbocycles. The lowest BCUT2D eigenvalue weighted by atomic mass is 10.1. The Balaban J connectivity index is 3.61. The van der Waals surface area contributed by atoms with E-state index in [2.05, 4.69) is 18.2 Å². The number of methoxy groups -OCH3 is 1. The highest BCUT2D eigenvalue weighted by molar-refractivity contribution is 5.75. The topological polar surface area (TPSA) is 95.5 Å². The van der Waals surface area contributed by atoms with Crippen LogP contribution in [0.1, 0.15) is 45.4 Å². The number of carbonyl (C=O) groups is 1. The predicted molar refractivity (Wildman–Crippen MR) is 110 cm³/mol. The van der Waals surface area contributed by atoms with E-state index in [1.807, 2.05) is 0 Å². The predicted octanol–water partition coefficient (Wildman–Crippen LogP) is 1.50. The molecule has 0 saturated carbocycles. The maximum absolute atomic E-state index is 11.8. The summed E-state index contributed by atoms with van der Waals surface area (Å²) in [6.45, 7) is 5.58. The Labute approximate surface area is 175 Å². The van der Waals surface area contributed by atoms with Crippen LogP contribution in [0.25, 0.3) is 0 Å². The Morgan fingerprint density at radius 2 is 1.52 bits per heavy atom. The molecule has 0 amide bonds. The molecule has 8 nitrogen and oxygen atoms in total. The Morgan fingerprint density at radius 1 is 0.931 bits per heavy atom. The molecule has 0 aromatic rings. The number of hydrogen-bond acceptors (Lipinski definition) is 8. The van der Waals surface area contributed by atoms with Gasteiger partial charge in [0.15, 0.2) is 0 Å². The minimum Gasteiger partial charge on any atom is -0.468 e. The van der Waals surface area contributed by atoms with E-state index >= 15 is 0 Å². The van der Waals surface area contributed by atoms with E-state index in [1.54, 1.807) is 0 Å². The number of nitrogens with one attached hydrogen (secondary N) is 1. The molecule has 0 rings (SSSR count). The van der Waals surface area contributed by atoms with Gasteiger partial charge in [-0.1, -0.05) is 38.5 Å². The van der Waals surface area contributed by atoms with Crippen molar-refractivity contribution < 1.29 is 33.6 Å². The van der Waals surface area contributed by atoms with E-state index in [0.717, 1.165) is 25.7 Å². The van der Waals surface area contributed by atoms with Crippen molar-refractivity contribution in [2.45, 2.75) is 57.7 Å². The monoisotopic (exact) mass is 417 g/mol. The minimum absolute atomic E-state index is 0.295. The average molecular weight is 418 g/mol. The highest BCUT2D eigenvalue weighted by atomic mass is 16.6. The van der Waals surface area contributed by atoms with E-state index in [-0.39, 0.29) is 5.97 Å². The van der Waals surface area contributed by atoms with Crippen molar-refractivity contribution in [3.8, 4) is 12.3 Å². The summed E-state index contributed by atoms with van der Waals surface area (Å²) >= 11 is 0. The van der Waals surface area contributed by atoms with Crippen molar-refractivity contribution in [1.29, 1.82) is 0 Å². The van der Waals surface area contributed by atoms with Gasteiger partial charge in [0, 0.05) is 6.42 Å². The molecule has 8 heteroatoms. The van der Waals surface area contributed by atoms with Gasteiger partial charge in [-0.25, -0.2) is 0 Å². The largest absolute Gasteiger partial charge is 0.468 e. The zero-order valence-electron chi connectivity index (χ0n) is 18.0. The van der Waals surface area contributed by atoms with E-state index in [0.29, 0.717) is 65.7 Å². The average Bonchev–Trinajstić information content (AvgIpc) is 2.73. The fourth-order valence-electron chi connectivity index (χ4n) is 2.49. The Kier molecular flexibility index (Phi) is 20.6. The second-order valence-corrected chi connectivity index (χ2v) is 6.49. The summed E-state index contributed by atoms with van der Waals surface area (Å²) in [6, 6.07) is -0.493. The van der Waals surface area contributed by atoms with Crippen molar-refractivity contribution in [3.05, 3.63) is 0 Å². The second-order valence-electron chi connectivity index (χ2n) is 6.49. The van der Waals surface area contributed by atoms with Crippen molar-refractivity contribution in [3.63, 3.8) is 0 Å². The number of esters is 1. The third-order valence-electron chi connectivity index (χ3n) is 4.06. The lowest BCUT2D eigenvalue weighted by molar-refractivity contribution is -0.144. The molecule has 0 aromatic heterocycles. The van der Waals surface area contributed by atoms with Crippen LogP contribution in [-0.2, 0) is 28.5 Å². The van der Waals surface area contributed by atoms with Crippen LogP contribution in [-0.4, -0.2) is 83.3 Å². The molecule has 0 aromatic carbocycles. The van der Waals surface area contributed by atoms with Crippen molar-refractivity contribution in [1.82, 2.24) is 5.32 Å². The number of ether oxygens (including phenoxy) is 5. The molecule has 0 aliphatic heterocycles. The highest BCUT2D eigenvalue weighted by Crippen LogP contribution is 2.08. The summed E-state index contributed by atoms with van der Waals surface area (Å²) in [6.07, 6.45) is 9.52. The van der Waals surface area contributed by atoms with Gasteiger partial charge < -0.3 is 28.8 Å². The van der Waals surface area contributed by atoms with Gasteiger partial charge in [0.2, 0.25) is 0 Å². The van der Waals surface area contributed by atoms with Gasteiger partial charge in [0.25, 0.3) is 0 Å². The zero-order chi connectivity index (χ0) is 21.6.